The van der Waals surface area contributed by atoms with Gasteiger partial charge in [0, 0.05) is 10.0 Å². The summed E-state index contributed by atoms with van der Waals surface area (Å²) in [6.45, 7) is 6.34. The molecule has 0 aliphatic heterocycles. The number of benzene rings is 2. The van der Waals surface area contributed by atoms with Crippen LogP contribution in [-0.2, 0) is 12.0 Å². The van der Waals surface area contributed by atoms with Gasteiger partial charge in [-0.15, -0.1) is 0 Å². The Morgan fingerprint density at radius 3 is 2.53 bits per heavy atom. The zero-order chi connectivity index (χ0) is 14.0. The maximum atomic E-state index is 6.57. The molecule has 0 aromatic heterocycles. The molecular weight excluding hydrogens is 298 g/mol. The van der Waals surface area contributed by atoms with E-state index in [2.05, 4.69) is 73.1 Å². The largest absolute Gasteiger partial charge is 0.321 e. The normalized spacial score (nSPS) is 14.2. The molecule has 0 radical (unpaired) electrons. The number of hydrogen-bond acceptors (Lipinski definition) is 1. The van der Waals surface area contributed by atoms with Crippen LogP contribution in [0.25, 0.3) is 0 Å². The first-order valence-electron chi connectivity index (χ1n) is 6.49. The van der Waals surface area contributed by atoms with Crippen molar-refractivity contribution in [1.82, 2.24) is 0 Å². The third-order valence-corrected chi connectivity index (χ3v) is 3.96. The van der Waals surface area contributed by atoms with Gasteiger partial charge in [-0.05, 0) is 56.0 Å². The Morgan fingerprint density at radius 1 is 1.11 bits per heavy atom. The summed E-state index contributed by atoms with van der Waals surface area (Å²) in [7, 11) is 0. The average molecular weight is 318 g/mol. The lowest BCUT2D eigenvalue weighted by molar-refractivity contribution is 0.488. The molecule has 0 fully saturated rings. The van der Waals surface area contributed by atoms with Crippen LogP contribution in [0.2, 0.25) is 0 Å². The highest BCUT2D eigenvalue weighted by molar-refractivity contribution is 9.10. The molecule has 1 unspecified atom stereocenters. The van der Waals surface area contributed by atoms with E-state index in [9.17, 15) is 0 Å². The van der Waals surface area contributed by atoms with Crippen LogP contribution < -0.4 is 5.73 Å². The lowest BCUT2D eigenvalue weighted by Crippen LogP contribution is -2.36. The zero-order valence-corrected chi connectivity index (χ0v) is 13.3. The molecule has 0 bridgehead atoms. The van der Waals surface area contributed by atoms with Crippen LogP contribution in [0.5, 0.6) is 0 Å². The maximum absolute atomic E-state index is 6.57. The summed E-state index contributed by atoms with van der Waals surface area (Å²) < 4.78 is 1.10. The van der Waals surface area contributed by atoms with E-state index in [1.165, 1.54) is 22.3 Å². The predicted molar refractivity (Wildman–Crippen MR) is 85.3 cm³/mol. The second kappa shape index (κ2) is 5.48. The summed E-state index contributed by atoms with van der Waals surface area (Å²) in [6, 6.07) is 14.8. The molecule has 0 spiro atoms. The number of aryl methyl sites for hydroxylation is 2. The van der Waals surface area contributed by atoms with E-state index in [1.54, 1.807) is 0 Å². The zero-order valence-electron chi connectivity index (χ0n) is 11.7. The van der Waals surface area contributed by atoms with E-state index in [1.807, 2.05) is 6.07 Å². The van der Waals surface area contributed by atoms with Crippen LogP contribution >= 0.6 is 15.9 Å². The monoisotopic (exact) mass is 317 g/mol. The van der Waals surface area contributed by atoms with Gasteiger partial charge in [0.05, 0.1) is 0 Å². The molecular formula is C17H20BrN. The molecule has 0 aliphatic rings. The van der Waals surface area contributed by atoms with Gasteiger partial charge in [0.25, 0.3) is 0 Å². The standard InChI is InChI=1S/C17H20BrN/c1-12-7-8-13(2)16(9-12)17(3,19)11-14-5-4-6-15(18)10-14/h4-10H,11,19H2,1-3H3. The minimum absolute atomic E-state index is 0.350. The first kappa shape index (κ1) is 14.3. The molecule has 1 nitrogen and oxygen atoms in total. The van der Waals surface area contributed by atoms with Crippen molar-refractivity contribution in [3.8, 4) is 0 Å². The Balaban J connectivity index is 2.34. The third kappa shape index (κ3) is 3.46. The fourth-order valence-corrected chi connectivity index (χ4v) is 2.96. The topological polar surface area (TPSA) is 26.0 Å². The third-order valence-electron chi connectivity index (χ3n) is 3.47. The Hall–Kier alpha value is -1.12. The first-order chi connectivity index (χ1) is 8.88. The van der Waals surface area contributed by atoms with E-state index in [4.69, 9.17) is 5.73 Å². The van der Waals surface area contributed by atoms with E-state index >= 15 is 0 Å². The van der Waals surface area contributed by atoms with Crippen LogP contribution in [0.3, 0.4) is 0 Å². The number of nitrogens with two attached hydrogens (primary N) is 1. The lowest BCUT2D eigenvalue weighted by atomic mass is 9.83. The van der Waals surface area contributed by atoms with Gasteiger partial charge in [-0.3, -0.25) is 0 Å². The molecule has 0 aliphatic carbocycles. The number of halogens is 1. The summed E-state index contributed by atoms with van der Waals surface area (Å²) in [5, 5.41) is 0. The van der Waals surface area contributed by atoms with Gasteiger partial charge in [0.1, 0.15) is 0 Å². The van der Waals surface area contributed by atoms with Crippen molar-refractivity contribution in [2.75, 3.05) is 0 Å². The summed E-state index contributed by atoms with van der Waals surface area (Å²) in [6.07, 6.45) is 0.830. The quantitative estimate of drug-likeness (QED) is 0.887. The van der Waals surface area contributed by atoms with Crippen molar-refractivity contribution in [3.63, 3.8) is 0 Å². The fraction of sp³-hybridized carbons (Fsp3) is 0.294. The van der Waals surface area contributed by atoms with Crippen molar-refractivity contribution in [2.45, 2.75) is 32.7 Å². The van der Waals surface area contributed by atoms with E-state index in [0.29, 0.717) is 0 Å². The van der Waals surface area contributed by atoms with Crippen LogP contribution in [0.4, 0.5) is 0 Å². The molecule has 2 N–H and O–H groups in total. The minimum atomic E-state index is -0.350. The molecule has 0 saturated heterocycles. The number of hydrogen-bond donors (Lipinski definition) is 1. The fourth-order valence-electron chi connectivity index (χ4n) is 2.52. The van der Waals surface area contributed by atoms with Gasteiger partial charge in [-0.25, -0.2) is 0 Å². The van der Waals surface area contributed by atoms with E-state index < -0.39 is 0 Å². The van der Waals surface area contributed by atoms with Crippen molar-refractivity contribution in [2.24, 2.45) is 5.73 Å². The Morgan fingerprint density at radius 2 is 1.84 bits per heavy atom. The van der Waals surface area contributed by atoms with Crippen LogP contribution in [0.15, 0.2) is 46.9 Å². The van der Waals surface area contributed by atoms with Crippen LogP contribution in [0.1, 0.15) is 29.2 Å². The predicted octanol–water partition coefficient (Wildman–Crippen LogP) is 4.48. The van der Waals surface area contributed by atoms with Gasteiger partial charge in [0.15, 0.2) is 0 Å². The number of rotatable bonds is 3. The Labute approximate surface area is 124 Å². The molecule has 2 aromatic rings. The maximum Gasteiger partial charge on any atom is 0.0424 e. The van der Waals surface area contributed by atoms with Gasteiger partial charge in [-0.1, -0.05) is 51.8 Å². The average Bonchev–Trinajstić information content (AvgIpc) is 2.31. The summed E-state index contributed by atoms with van der Waals surface area (Å²) in [4.78, 5) is 0. The SMILES string of the molecule is Cc1ccc(C)c(C(C)(N)Cc2cccc(Br)c2)c1. The molecule has 19 heavy (non-hydrogen) atoms. The Bertz CT molecular complexity index is 588. The minimum Gasteiger partial charge on any atom is -0.321 e. The van der Waals surface area contributed by atoms with Crippen molar-refractivity contribution >= 4 is 15.9 Å². The highest BCUT2D eigenvalue weighted by Gasteiger charge is 2.23. The van der Waals surface area contributed by atoms with Gasteiger partial charge in [-0.2, -0.15) is 0 Å². The van der Waals surface area contributed by atoms with E-state index in [-0.39, 0.29) is 5.54 Å². The summed E-state index contributed by atoms with van der Waals surface area (Å²) in [5.41, 5.74) is 11.2. The highest BCUT2D eigenvalue weighted by Crippen LogP contribution is 2.27. The lowest BCUT2D eigenvalue weighted by Gasteiger charge is -2.28. The van der Waals surface area contributed by atoms with Crippen molar-refractivity contribution < 1.29 is 0 Å². The summed E-state index contributed by atoms with van der Waals surface area (Å²) in [5.74, 6) is 0. The van der Waals surface area contributed by atoms with E-state index in [0.717, 1.165) is 10.9 Å². The molecule has 2 aromatic carbocycles. The first-order valence-corrected chi connectivity index (χ1v) is 7.29. The van der Waals surface area contributed by atoms with Crippen molar-refractivity contribution in [1.29, 1.82) is 0 Å². The molecule has 0 heterocycles. The van der Waals surface area contributed by atoms with Crippen LogP contribution in [-0.4, -0.2) is 0 Å². The second-order valence-corrected chi connectivity index (χ2v) is 6.46. The second-order valence-electron chi connectivity index (χ2n) is 5.54. The van der Waals surface area contributed by atoms with Gasteiger partial charge >= 0.3 is 0 Å². The van der Waals surface area contributed by atoms with Crippen LogP contribution in [0, 0.1) is 13.8 Å². The van der Waals surface area contributed by atoms with Gasteiger partial charge in [0.2, 0.25) is 0 Å². The molecule has 1 atom stereocenters. The smallest absolute Gasteiger partial charge is 0.0424 e. The molecule has 2 rings (SSSR count). The molecule has 0 saturated carbocycles. The van der Waals surface area contributed by atoms with Crippen molar-refractivity contribution in [3.05, 3.63) is 69.2 Å². The molecule has 2 heteroatoms. The Kier molecular flexibility index (Phi) is 4.12. The molecule has 0 amide bonds. The molecule has 100 valence electrons. The van der Waals surface area contributed by atoms with Gasteiger partial charge < -0.3 is 5.73 Å². The summed E-state index contributed by atoms with van der Waals surface area (Å²) >= 11 is 3.51. The highest BCUT2D eigenvalue weighted by atomic mass is 79.9.